The molecule has 1 N–H and O–H groups in total. The summed E-state index contributed by atoms with van der Waals surface area (Å²) in [6, 6.07) is 0. The van der Waals surface area contributed by atoms with E-state index >= 15 is 0 Å². The van der Waals surface area contributed by atoms with E-state index in [1.54, 1.807) is 0 Å². The zero-order valence-corrected chi connectivity index (χ0v) is 14.4. The van der Waals surface area contributed by atoms with Gasteiger partial charge in [0.25, 0.3) is 0 Å². The Kier molecular flexibility index (Phi) is 7.62. The lowest BCUT2D eigenvalue weighted by Crippen LogP contribution is -2.49. The number of hydrogen-bond donors (Lipinski definition) is 1. The van der Waals surface area contributed by atoms with Gasteiger partial charge in [0.15, 0.2) is 0 Å². The van der Waals surface area contributed by atoms with E-state index < -0.39 is 0 Å². The molecule has 0 radical (unpaired) electrons. The van der Waals surface area contributed by atoms with E-state index in [0.29, 0.717) is 26.2 Å². The van der Waals surface area contributed by atoms with Gasteiger partial charge in [0.2, 0.25) is 5.91 Å². The summed E-state index contributed by atoms with van der Waals surface area (Å²) in [5.74, 6) is 0.431. The predicted molar refractivity (Wildman–Crippen MR) is 88.8 cm³/mol. The summed E-state index contributed by atoms with van der Waals surface area (Å²) >= 11 is 0. The number of ether oxygens (including phenoxy) is 1. The first-order valence-electron chi connectivity index (χ1n) is 7.32. The summed E-state index contributed by atoms with van der Waals surface area (Å²) in [5, 5.41) is 7.53. The van der Waals surface area contributed by atoms with Crippen LogP contribution < -0.4 is 5.32 Å². The largest absolute Gasteiger partial charge is 0.373 e. The van der Waals surface area contributed by atoms with Gasteiger partial charge in [0, 0.05) is 25.8 Å². The van der Waals surface area contributed by atoms with Crippen LogP contribution in [0.1, 0.15) is 12.0 Å². The van der Waals surface area contributed by atoms with E-state index in [4.69, 9.17) is 4.74 Å². The number of aromatic nitrogens is 2. The molecule has 0 spiro atoms. The molecule has 0 aromatic carbocycles. The first-order valence-corrected chi connectivity index (χ1v) is 7.32. The highest BCUT2D eigenvalue weighted by molar-refractivity contribution is 5.85. The smallest absolute Gasteiger partial charge is 0.227 e. The predicted octanol–water partition coefficient (Wildman–Crippen LogP) is 0.872. The van der Waals surface area contributed by atoms with Gasteiger partial charge in [0.1, 0.15) is 0 Å². The molecule has 22 heavy (non-hydrogen) atoms. The SMILES string of the molecule is Cc1cnn(CC2CN(C(=O)C3CCNC3)CCO2)c1.Cl.Cl. The molecule has 3 rings (SSSR count). The lowest BCUT2D eigenvalue weighted by molar-refractivity contribution is -0.143. The van der Waals surface area contributed by atoms with E-state index in [0.717, 1.165) is 25.1 Å². The van der Waals surface area contributed by atoms with Crippen molar-refractivity contribution in [2.75, 3.05) is 32.8 Å². The van der Waals surface area contributed by atoms with E-state index in [1.807, 2.05) is 28.9 Å². The molecule has 3 heterocycles. The molecule has 2 saturated heterocycles. The highest BCUT2D eigenvalue weighted by Crippen LogP contribution is 2.15. The minimum atomic E-state index is 0. The third-order valence-corrected chi connectivity index (χ3v) is 4.01. The number of carbonyl (C=O) groups is 1. The van der Waals surface area contributed by atoms with Crippen LogP contribution in [0.25, 0.3) is 0 Å². The van der Waals surface area contributed by atoms with Crippen molar-refractivity contribution >= 4 is 30.7 Å². The first kappa shape index (κ1) is 19.2. The molecule has 126 valence electrons. The van der Waals surface area contributed by atoms with Crippen LogP contribution in [-0.2, 0) is 16.1 Å². The molecule has 2 fully saturated rings. The van der Waals surface area contributed by atoms with Crippen LogP contribution in [0.15, 0.2) is 12.4 Å². The van der Waals surface area contributed by atoms with Gasteiger partial charge < -0.3 is 15.0 Å². The second kappa shape index (κ2) is 8.72. The highest BCUT2D eigenvalue weighted by Gasteiger charge is 2.31. The molecule has 6 nitrogen and oxygen atoms in total. The average Bonchev–Trinajstić information content (AvgIpc) is 3.10. The molecular weight excluding hydrogens is 327 g/mol. The molecule has 1 amide bonds. The molecule has 2 aliphatic rings. The number of morpholine rings is 1. The van der Waals surface area contributed by atoms with Crippen molar-refractivity contribution < 1.29 is 9.53 Å². The zero-order valence-electron chi connectivity index (χ0n) is 12.7. The number of nitrogens with one attached hydrogen (secondary N) is 1. The Morgan fingerprint density at radius 3 is 2.95 bits per heavy atom. The standard InChI is InChI=1S/C14H22N4O2.2ClH/c1-11-6-16-18(8-11)10-13-9-17(4-5-20-13)14(19)12-2-3-15-7-12;;/h6,8,12-13,15H,2-5,7,9-10H2,1H3;2*1H. The van der Waals surface area contributed by atoms with Crippen molar-refractivity contribution in [1.82, 2.24) is 20.0 Å². The zero-order chi connectivity index (χ0) is 13.9. The van der Waals surface area contributed by atoms with E-state index in [-0.39, 0.29) is 42.7 Å². The van der Waals surface area contributed by atoms with Crippen molar-refractivity contribution in [1.29, 1.82) is 0 Å². The Bertz CT molecular complexity index is 477. The van der Waals surface area contributed by atoms with Crippen LogP contribution in [0.4, 0.5) is 0 Å². The van der Waals surface area contributed by atoms with Crippen LogP contribution >= 0.6 is 24.8 Å². The number of carbonyl (C=O) groups excluding carboxylic acids is 1. The number of nitrogens with zero attached hydrogens (tertiary/aromatic N) is 3. The first-order chi connectivity index (χ1) is 9.72. The van der Waals surface area contributed by atoms with Crippen molar-refractivity contribution in [2.45, 2.75) is 26.0 Å². The van der Waals surface area contributed by atoms with Crippen LogP contribution in [-0.4, -0.2) is 59.5 Å². The quantitative estimate of drug-likeness (QED) is 0.878. The molecule has 0 aliphatic carbocycles. The fraction of sp³-hybridized carbons (Fsp3) is 0.714. The number of rotatable bonds is 3. The number of halogens is 2. The fourth-order valence-electron chi connectivity index (χ4n) is 2.93. The van der Waals surface area contributed by atoms with Crippen LogP contribution in [0.2, 0.25) is 0 Å². The Morgan fingerprint density at radius 2 is 2.32 bits per heavy atom. The Labute approximate surface area is 143 Å². The van der Waals surface area contributed by atoms with Gasteiger partial charge in [-0.3, -0.25) is 9.48 Å². The molecular formula is C14H24Cl2N4O2. The second-order valence-electron chi connectivity index (χ2n) is 5.71. The molecule has 8 heteroatoms. The maximum atomic E-state index is 12.4. The van der Waals surface area contributed by atoms with Gasteiger partial charge in [0.05, 0.1) is 31.4 Å². The van der Waals surface area contributed by atoms with Crippen LogP contribution in [0.3, 0.4) is 0 Å². The molecule has 2 atom stereocenters. The van der Waals surface area contributed by atoms with E-state index in [2.05, 4.69) is 10.4 Å². The lowest BCUT2D eigenvalue weighted by Gasteiger charge is -2.34. The third-order valence-electron chi connectivity index (χ3n) is 4.01. The Morgan fingerprint density at radius 1 is 1.50 bits per heavy atom. The minimum absolute atomic E-state index is 0. The highest BCUT2D eigenvalue weighted by atomic mass is 35.5. The Balaban J connectivity index is 0.00000121. The fourth-order valence-corrected chi connectivity index (χ4v) is 2.93. The summed E-state index contributed by atoms with van der Waals surface area (Å²) in [4.78, 5) is 14.4. The topological polar surface area (TPSA) is 59.4 Å². The second-order valence-corrected chi connectivity index (χ2v) is 5.71. The monoisotopic (exact) mass is 350 g/mol. The van der Waals surface area contributed by atoms with E-state index in [9.17, 15) is 4.79 Å². The van der Waals surface area contributed by atoms with E-state index in [1.165, 1.54) is 0 Å². The summed E-state index contributed by atoms with van der Waals surface area (Å²) < 4.78 is 7.66. The average molecular weight is 351 g/mol. The van der Waals surface area contributed by atoms with Crippen LogP contribution in [0, 0.1) is 12.8 Å². The normalized spacial score (nSPS) is 24.5. The maximum Gasteiger partial charge on any atom is 0.227 e. The number of hydrogen-bond acceptors (Lipinski definition) is 4. The Hall–Kier alpha value is -0.820. The molecule has 2 unspecified atom stereocenters. The summed E-state index contributed by atoms with van der Waals surface area (Å²) in [7, 11) is 0. The lowest BCUT2D eigenvalue weighted by atomic mass is 10.1. The van der Waals surface area contributed by atoms with Gasteiger partial charge in [-0.05, 0) is 25.5 Å². The van der Waals surface area contributed by atoms with Crippen molar-refractivity contribution in [3.05, 3.63) is 18.0 Å². The maximum absolute atomic E-state index is 12.4. The van der Waals surface area contributed by atoms with Crippen molar-refractivity contribution in [3.63, 3.8) is 0 Å². The van der Waals surface area contributed by atoms with Gasteiger partial charge in [-0.2, -0.15) is 5.10 Å². The number of amides is 1. The van der Waals surface area contributed by atoms with Gasteiger partial charge in [-0.1, -0.05) is 0 Å². The molecule has 0 saturated carbocycles. The van der Waals surface area contributed by atoms with Gasteiger partial charge in [-0.15, -0.1) is 24.8 Å². The molecule has 1 aromatic rings. The minimum Gasteiger partial charge on any atom is -0.373 e. The molecule has 0 bridgehead atoms. The number of aryl methyl sites for hydroxylation is 1. The third kappa shape index (κ3) is 4.59. The summed E-state index contributed by atoms with van der Waals surface area (Å²) in [6.07, 6.45) is 4.85. The van der Waals surface area contributed by atoms with Crippen molar-refractivity contribution in [3.8, 4) is 0 Å². The molecule has 1 aromatic heterocycles. The molecule has 2 aliphatic heterocycles. The van der Waals surface area contributed by atoms with Gasteiger partial charge >= 0.3 is 0 Å². The summed E-state index contributed by atoms with van der Waals surface area (Å²) in [5.41, 5.74) is 1.14. The summed E-state index contributed by atoms with van der Waals surface area (Å²) in [6.45, 7) is 6.51. The van der Waals surface area contributed by atoms with Gasteiger partial charge in [-0.25, -0.2) is 0 Å². The van der Waals surface area contributed by atoms with Crippen molar-refractivity contribution in [2.24, 2.45) is 5.92 Å². The van der Waals surface area contributed by atoms with Crippen LogP contribution in [0.5, 0.6) is 0 Å².